The van der Waals surface area contributed by atoms with Crippen molar-refractivity contribution in [3.63, 3.8) is 0 Å². The molecule has 1 aliphatic carbocycles. The van der Waals surface area contributed by atoms with E-state index in [2.05, 4.69) is 4.72 Å². The number of benzene rings is 1. The molecule has 17 heavy (non-hydrogen) atoms. The molecule has 1 aromatic rings. The van der Waals surface area contributed by atoms with Crippen molar-refractivity contribution < 1.29 is 8.42 Å². The summed E-state index contributed by atoms with van der Waals surface area (Å²) in [7, 11) is -3.53. The predicted octanol–water partition coefficient (Wildman–Crippen LogP) is 1.42. The summed E-state index contributed by atoms with van der Waals surface area (Å²) in [6.45, 7) is 1.86. The summed E-state index contributed by atoms with van der Waals surface area (Å²) in [5.41, 5.74) is 6.55. The maximum absolute atomic E-state index is 12.0. The molecule has 1 aliphatic rings. The predicted molar refractivity (Wildman–Crippen MR) is 67.5 cm³/mol. The van der Waals surface area contributed by atoms with Gasteiger partial charge in [0.05, 0.1) is 5.02 Å². The van der Waals surface area contributed by atoms with Crippen LogP contribution in [0.15, 0.2) is 23.1 Å². The molecule has 4 nitrogen and oxygen atoms in total. The van der Waals surface area contributed by atoms with Gasteiger partial charge in [0.15, 0.2) is 0 Å². The molecule has 0 atom stereocenters. The standard InChI is InChI=1S/C11H15ClN2O2S/c1-7-2-3-11(10(12)4-7)17(15,16)14-9-5-8(13)6-9/h2-4,8-9,14H,5-6,13H2,1H3. The number of sulfonamides is 1. The maximum atomic E-state index is 12.0. The molecular weight excluding hydrogens is 260 g/mol. The molecule has 0 amide bonds. The first-order valence-electron chi connectivity index (χ1n) is 5.42. The Morgan fingerprint density at radius 3 is 2.59 bits per heavy atom. The van der Waals surface area contributed by atoms with Crippen LogP contribution in [0.1, 0.15) is 18.4 Å². The molecule has 1 saturated carbocycles. The van der Waals surface area contributed by atoms with Crippen LogP contribution >= 0.6 is 11.6 Å². The molecule has 0 aromatic heterocycles. The maximum Gasteiger partial charge on any atom is 0.242 e. The number of rotatable bonds is 3. The normalized spacial score (nSPS) is 24.4. The highest BCUT2D eigenvalue weighted by Crippen LogP contribution is 2.25. The van der Waals surface area contributed by atoms with E-state index in [1.807, 2.05) is 6.92 Å². The Hall–Kier alpha value is -0.620. The van der Waals surface area contributed by atoms with Gasteiger partial charge in [-0.15, -0.1) is 0 Å². The highest BCUT2D eigenvalue weighted by atomic mass is 35.5. The monoisotopic (exact) mass is 274 g/mol. The Kier molecular flexibility index (Phi) is 3.45. The number of aryl methyl sites for hydroxylation is 1. The van der Waals surface area contributed by atoms with Gasteiger partial charge in [-0.1, -0.05) is 17.7 Å². The zero-order chi connectivity index (χ0) is 12.6. The van der Waals surface area contributed by atoms with Crippen molar-refractivity contribution in [2.75, 3.05) is 0 Å². The topological polar surface area (TPSA) is 72.2 Å². The van der Waals surface area contributed by atoms with Crippen molar-refractivity contribution in [3.8, 4) is 0 Å². The van der Waals surface area contributed by atoms with Crippen molar-refractivity contribution in [3.05, 3.63) is 28.8 Å². The van der Waals surface area contributed by atoms with Gasteiger partial charge < -0.3 is 5.73 Å². The van der Waals surface area contributed by atoms with Crippen LogP contribution < -0.4 is 10.5 Å². The average molecular weight is 275 g/mol. The van der Waals surface area contributed by atoms with E-state index in [-0.39, 0.29) is 22.0 Å². The Labute approximate surface area is 106 Å². The fraction of sp³-hybridized carbons (Fsp3) is 0.455. The van der Waals surface area contributed by atoms with Crippen LogP contribution in [0.3, 0.4) is 0 Å². The smallest absolute Gasteiger partial charge is 0.242 e. The van der Waals surface area contributed by atoms with E-state index >= 15 is 0 Å². The van der Waals surface area contributed by atoms with Crippen LogP contribution in [0.4, 0.5) is 0 Å². The molecule has 2 rings (SSSR count). The minimum absolute atomic E-state index is 0.0626. The second-order valence-electron chi connectivity index (χ2n) is 4.48. The Bertz CT molecular complexity index is 524. The molecule has 0 bridgehead atoms. The summed E-state index contributed by atoms with van der Waals surface area (Å²) in [6, 6.07) is 4.94. The Balaban J connectivity index is 2.20. The van der Waals surface area contributed by atoms with Gasteiger partial charge in [-0.2, -0.15) is 0 Å². The number of nitrogens with two attached hydrogens (primary N) is 1. The summed E-state index contributed by atoms with van der Waals surface area (Å²) >= 11 is 5.94. The number of hydrogen-bond donors (Lipinski definition) is 2. The van der Waals surface area contributed by atoms with Gasteiger partial charge in [-0.05, 0) is 37.5 Å². The first kappa shape index (κ1) is 12.8. The van der Waals surface area contributed by atoms with Gasteiger partial charge in [0.25, 0.3) is 0 Å². The number of nitrogens with one attached hydrogen (secondary N) is 1. The summed E-state index contributed by atoms with van der Waals surface area (Å²) in [6.07, 6.45) is 1.37. The molecular formula is C11H15ClN2O2S. The lowest BCUT2D eigenvalue weighted by Crippen LogP contribution is -2.50. The third-order valence-electron chi connectivity index (χ3n) is 2.87. The molecule has 0 aliphatic heterocycles. The third-order valence-corrected chi connectivity index (χ3v) is 4.88. The Morgan fingerprint density at radius 2 is 2.06 bits per heavy atom. The van der Waals surface area contributed by atoms with Crippen LogP contribution in [-0.2, 0) is 10.0 Å². The highest BCUT2D eigenvalue weighted by Gasteiger charge is 2.31. The van der Waals surface area contributed by atoms with Crippen LogP contribution in [0.2, 0.25) is 5.02 Å². The fourth-order valence-electron chi connectivity index (χ4n) is 1.86. The van der Waals surface area contributed by atoms with E-state index in [4.69, 9.17) is 17.3 Å². The van der Waals surface area contributed by atoms with Crippen molar-refractivity contribution in [2.45, 2.75) is 36.7 Å². The van der Waals surface area contributed by atoms with E-state index in [1.54, 1.807) is 12.1 Å². The van der Waals surface area contributed by atoms with Gasteiger partial charge in [0, 0.05) is 12.1 Å². The SMILES string of the molecule is Cc1ccc(S(=O)(=O)NC2CC(N)C2)c(Cl)c1. The van der Waals surface area contributed by atoms with E-state index in [1.165, 1.54) is 6.07 Å². The van der Waals surface area contributed by atoms with Crippen molar-refractivity contribution in [1.29, 1.82) is 0 Å². The summed E-state index contributed by atoms with van der Waals surface area (Å²) < 4.78 is 26.7. The number of hydrogen-bond acceptors (Lipinski definition) is 3. The lowest BCUT2D eigenvalue weighted by atomic mass is 9.89. The third kappa shape index (κ3) is 2.80. The van der Waals surface area contributed by atoms with E-state index < -0.39 is 10.0 Å². The molecule has 0 radical (unpaired) electrons. The molecule has 0 heterocycles. The minimum Gasteiger partial charge on any atom is -0.328 e. The second-order valence-corrected chi connectivity index (χ2v) is 6.57. The molecule has 3 N–H and O–H groups in total. The lowest BCUT2D eigenvalue weighted by Gasteiger charge is -2.32. The van der Waals surface area contributed by atoms with Crippen molar-refractivity contribution in [1.82, 2.24) is 4.72 Å². The van der Waals surface area contributed by atoms with Gasteiger partial charge in [-0.25, -0.2) is 13.1 Å². The first-order chi connectivity index (χ1) is 7.88. The van der Waals surface area contributed by atoms with Crippen LogP contribution in [0.5, 0.6) is 0 Å². The van der Waals surface area contributed by atoms with Crippen LogP contribution in [-0.4, -0.2) is 20.5 Å². The van der Waals surface area contributed by atoms with Gasteiger partial charge in [0.1, 0.15) is 4.90 Å². The molecule has 1 aromatic carbocycles. The quantitative estimate of drug-likeness (QED) is 0.876. The average Bonchev–Trinajstić information content (AvgIpc) is 2.14. The van der Waals surface area contributed by atoms with Gasteiger partial charge in [-0.3, -0.25) is 0 Å². The molecule has 94 valence electrons. The highest BCUT2D eigenvalue weighted by molar-refractivity contribution is 7.89. The lowest BCUT2D eigenvalue weighted by molar-refractivity contribution is 0.327. The minimum atomic E-state index is -3.53. The van der Waals surface area contributed by atoms with E-state index in [9.17, 15) is 8.42 Å². The largest absolute Gasteiger partial charge is 0.328 e. The van der Waals surface area contributed by atoms with E-state index in [0.717, 1.165) is 5.56 Å². The second kappa shape index (κ2) is 4.57. The first-order valence-corrected chi connectivity index (χ1v) is 7.28. The zero-order valence-electron chi connectivity index (χ0n) is 9.48. The molecule has 0 saturated heterocycles. The van der Waals surface area contributed by atoms with Gasteiger partial charge >= 0.3 is 0 Å². The van der Waals surface area contributed by atoms with E-state index in [0.29, 0.717) is 12.8 Å². The molecule has 0 spiro atoms. The van der Waals surface area contributed by atoms with Crippen molar-refractivity contribution >= 4 is 21.6 Å². The number of halogens is 1. The molecule has 1 fully saturated rings. The summed E-state index contributed by atoms with van der Waals surface area (Å²) in [4.78, 5) is 0.130. The van der Waals surface area contributed by atoms with Crippen LogP contribution in [0, 0.1) is 6.92 Å². The Morgan fingerprint density at radius 1 is 1.41 bits per heavy atom. The van der Waals surface area contributed by atoms with Crippen molar-refractivity contribution in [2.24, 2.45) is 5.73 Å². The summed E-state index contributed by atoms with van der Waals surface area (Å²) in [5.74, 6) is 0. The molecule has 6 heteroatoms. The van der Waals surface area contributed by atoms with Gasteiger partial charge in [0.2, 0.25) is 10.0 Å². The molecule has 0 unspecified atom stereocenters. The zero-order valence-corrected chi connectivity index (χ0v) is 11.1. The summed E-state index contributed by atoms with van der Waals surface area (Å²) in [5, 5.41) is 0.251. The van der Waals surface area contributed by atoms with Crippen LogP contribution in [0.25, 0.3) is 0 Å². The fourth-order valence-corrected chi connectivity index (χ4v) is 3.73.